The molecule has 0 bridgehead atoms. The number of fused-ring (bicyclic) bond motifs is 1. The van der Waals surface area contributed by atoms with Gasteiger partial charge in [-0.2, -0.15) is 5.26 Å². The fourth-order valence-electron chi connectivity index (χ4n) is 2.49. The number of anilines is 1. The average molecular weight is 259 g/mol. The van der Waals surface area contributed by atoms with Gasteiger partial charge in [0.05, 0.1) is 18.2 Å². The van der Waals surface area contributed by atoms with Gasteiger partial charge in [-0.1, -0.05) is 6.92 Å². The van der Waals surface area contributed by atoms with Gasteiger partial charge in [0.1, 0.15) is 11.9 Å². The van der Waals surface area contributed by atoms with Gasteiger partial charge in [0, 0.05) is 12.8 Å². The zero-order valence-electron chi connectivity index (χ0n) is 11.7. The Labute approximate surface area is 114 Å². The summed E-state index contributed by atoms with van der Waals surface area (Å²) < 4.78 is 5.18. The van der Waals surface area contributed by atoms with Crippen molar-refractivity contribution in [1.29, 1.82) is 5.26 Å². The van der Waals surface area contributed by atoms with Crippen LogP contribution in [-0.2, 0) is 17.6 Å². The molecule has 0 aromatic carbocycles. The van der Waals surface area contributed by atoms with E-state index in [2.05, 4.69) is 23.3 Å². The van der Waals surface area contributed by atoms with Crippen LogP contribution in [0, 0.1) is 11.3 Å². The van der Waals surface area contributed by atoms with Crippen molar-refractivity contribution in [2.75, 3.05) is 19.0 Å². The molecule has 0 saturated carbocycles. The molecular weight excluding hydrogens is 238 g/mol. The van der Waals surface area contributed by atoms with Crippen molar-refractivity contribution >= 4 is 5.82 Å². The molecule has 0 fully saturated rings. The number of hydrogen-bond acceptors (Lipinski definition) is 4. The molecule has 1 aromatic heterocycles. The topological polar surface area (TPSA) is 57.9 Å². The Morgan fingerprint density at radius 3 is 2.95 bits per heavy atom. The highest BCUT2D eigenvalue weighted by atomic mass is 16.5. The SMILES string of the molecule is CCC(COC)Nc1nc2c(cc1C#N)CCCC2. The molecule has 1 aliphatic carbocycles. The Morgan fingerprint density at radius 1 is 1.47 bits per heavy atom. The van der Waals surface area contributed by atoms with Crippen LogP contribution in [0.15, 0.2) is 6.07 Å². The molecule has 1 atom stereocenters. The molecular formula is C15H21N3O. The van der Waals surface area contributed by atoms with Crippen LogP contribution in [0.25, 0.3) is 0 Å². The second-order valence-electron chi connectivity index (χ2n) is 5.01. The van der Waals surface area contributed by atoms with Crippen LogP contribution >= 0.6 is 0 Å². The number of hydrogen-bond donors (Lipinski definition) is 1. The molecule has 1 aromatic rings. The smallest absolute Gasteiger partial charge is 0.144 e. The van der Waals surface area contributed by atoms with Crippen molar-refractivity contribution in [3.8, 4) is 6.07 Å². The highest BCUT2D eigenvalue weighted by Crippen LogP contribution is 2.24. The molecule has 1 heterocycles. The maximum absolute atomic E-state index is 9.27. The summed E-state index contributed by atoms with van der Waals surface area (Å²) in [6.07, 6.45) is 5.41. The van der Waals surface area contributed by atoms with Crippen LogP contribution in [0.3, 0.4) is 0 Å². The van der Waals surface area contributed by atoms with E-state index in [0.29, 0.717) is 18.0 Å². The van der Waals surface area contributed by atoms with Crippen molar-refractivity contribution in [1.82, 2.24) is 4.98 Å². The average Bonchev–Trinajstić information content (AvgIpc) is 2.46. The second kappa shape index (κ2) is 6.53. The summed E-state index contributed by atoms with van der Waals surface area (Å²) >= 11 is 0. The van der Waals surface area contributed by atoms with Gasteiger partial charge < -0.3 is 10.1 Å². The van der Waals surface area contributed by atoms with Gasteiger partial charge >= 0.3 is 0 Å². The minimum absolute atomic E-state index is 0.200. The molecule has 4 heteroatoms. The van der Waals surface area contributed by atoms with Crippen LogP contribution in [0.4, 0.5) is 5.82 Å². The second-order valence-corrected chi connectivity index (χ2v) is 5.01. The van der Waals surface area contributed by atoms with Crippen molar-refractivity contribution in [2.24, 2.45) is 0 Å². The van der Waals surface area contributed by atoms with Crippen LogP contribution < -0.4 is 5.32 Å². The summed E-state index contributed by atoms with van der Waals surface area (Å²) in [5, 5.41) is 12.6. The number of nitrogens with one attached hydrogen (secondary N) is 1. The lowest BCUT2D eigenvalue weighted by atomic mass is 9.95. The van der Waals surface area contributed by atoms with E-state index >= 15 is 0 Å². The summed E-state index contributed by atoms with van der Waals surface area (Å²) in [5.41, 5.74) is 3.04. The first kappa shape index (κ1) is 13.8. The van der Waals surface area contributed by atoms with E-state index in [0.717, 1.165) is 25.0 Å². The largest absolute Gasteiger partial charge is 0.383 e. The monoisotopic (exact) mass is 259 g/mol. The molecule has 0 radical (unpaired) electrons. The van der Waals surface area contributed by atoms with Gasteiger partial charge in [0.2, 0.25) is 0 Å². The number of nitrogens with zero attached hydrogens (tertiary/aromatic N) is 2. The fraction of sp³-hybridized carbons (Fsp3) is 0.600. The fourth-order valence-corrected chi connectivity index (χ4v) is 2.49. The maximum atomic E-state index is 9.27. The van der Waals surface area contributed by atoms with Crippen molar-refractivity contribution < 1.29 is 4.74 Å². The van der Waals surface area contributed by atoms with E-state index in [4.69, 9.17) is 4.74 Å². The first-order valence-electron chi connectivity index (χ1n) is 6.96. The molecule has 0 amide bonds. The summed E-state index contributed by atoms with van der Waals surface area (Å²) in [6.45, 7) is 2.72. The third kappa shape index (κ3) is 3.24. The quantitative estimate of drug-likeness (QED) is 0.883. The number of rotatable bonds is 5. The van der Waals surface area contributed by atoms with E-state index in [9.17, 15) is 5.26 Å². The van der Waals surface area contributed by atoms with E-state index in [-0.39, 0.29) is 6.04 Å². The minimum atomic E-state index is 0.200. The van der Waals surface area contributed by atoms with Gasteiger partial charge in [-0.3, -0.25) is 0 Å². The van der Waals surface area contributed by atoms with Gasteiger partial charge in [-0.25, -0.2) is 4.98 Å². The van der Waals surface area contributed by atoms with Crippen LogP contribution in [0.5, 0.6) is 0 Å². The highest BCUT2D eigenvalue weighted by Gasteiger charge is 2.16. The first-order valence-corrected chi connectivity index (χ1v) is 6.96. The Balaban J connectivity index is 2.26. The number of aryl methyl sites for hydroxylation is 2. The van der Waals surface area contributed by atoms with Crippen LogP contribution in [0.2, 0.25) is 0 Å². The summed E-state index contributed by atoms with van der Waals surface area (Å²) in [4.78, 5) is 4.66. The lowest BCUT2D eigenvalue weighted by molar-refractivity contribution is 0.184. The molecule has 4 nitrogen and oxygen atoms in total. The number of nitriles is 1. The minimum Gasteiger partial charge on any atom is -0.383 e. The van der Waals surface area contributed by atoms with Crippen molar-refractivity contribution in [2.45, 2.75) is 45.1 Å². The Bertz CT molecular complexity index is 479. The Morgan fingerprint density at radius 2 is 2.26 bits per heavy atom. The van der Waals surface area contributed by atoms with Gasteiger partial charge in [-0.15, -0.1) is 0 Å². The molecule has 102 valence electrons. The predicted octanol–water partition coefficient (Wildman–Crippen LogP) is 2.67. The summed E-state index contributed by atoms with van der Waals surface area (Å²) in [7, 11) is 1.69. The van der Waals surface area contributed by atoms with Crippen LogP contribution in [0.1, 0.15) is 43.0 Å². The molecule has 0 aliphatic heterocycles. The van der Waals surface area contributed by atoms with Crippen LogP contribution in [-0.4, -0.2) is 24.7 Å². The van der Waals surface area contributed by atoms with Gasteiger partial charge in [0.15, 0.2) is 0 Å². The summed E-state index contributed by atoms with van der Waals surface area (Å²) in [5.74, 6) is 0.715. The predicted molar refractivity (Wildman–Crippen MR) is 75.2 cm³/mol. The molecule has 1 N–H and O–H groups in total. The lowest BCUT2D eigenvalue weighted by Gasteiger charge is -2.21. The molecule has 1 aliphatic rings. The van der Waals surface area contributed by atoms with Gasteiger partial charge in [0.25, 0.3) is 0 Å². The first-order chi connectivity index (χ1) is 9.28. The van der Waals surface area contributed by atoms with Crippen molar-refractivity contribution in [3.63, 3.8) is 0 Å². The van der Waals surface area contributed by atoms with E-state index in [1.165, 1.54) is 18.4 Å². The standard InChI is InChI=1S/C15H21N3O/c1-3-13(10-19-2)17-15-12(9-16)8-11-6-4-5-7-14(11)18-15/h8,13H,3-7,10H2,1-2H3,(H,17,18). The maximum Gasteiger partial charge on any atom is 0.144 e. The van der Waals surface area contributed by atoms with E-state index in [1.807, 2.05) is 6.07 Å². The summed E-state index contributed by atoms with van der Waals surface area (Å²) in [6, 6.07) is 4.45. The molecule has 19 heavy (non-hydrogen) atoms. The zero-order chi connectivity index (χ0) is 13.7. The lowest BCUT2D eigenvalue weighted by Crippen LogP contribution is -2.25. The Kier molecular flexibility index (Phi) is 4.75. The molecule has 2 rings (SSSR count). The molecule has 0 spiro atoms. The molecule has 1 unspecified atom stereocenters. The van der Waals surface area contributed by atoms with E-state index < -0.39 is 0 Å². The van der Waals surface area contributed by atoms with Gasteiger partial charge in [-0.05, 0) is 43.7 Å². The number of pyridine rings is 1. The normalized spacial score (nSPS) is 15.4. The number of aromatic nitrogens is 1. The molecule has 0 saturated heterocycles. The third-order valence-corrected chi connectivity index (χ3v) is 3.62. The van der Waals surface area contributed by atoms with E-state index in [1.54, 1.807) is 7.11 Å². The number of ether oxygens (including phenoxy) is 1. The Hall–Kier alpha value is -1.60. The van der Waals surface area contributed by atoms with Crippen molar-refractivity contribution in [3.05, 3.63) is 22.9 Å². The zero-order valence-corrected chi connectivity index (χ0v) is 11.7. The third-order valence-electron chi connectivity index (χ3n) is 3.62. The highest BCUT2D eigenvalue weighted by molar-refractivity contribution is 5.55. The number of methoxy groups -OCH3 is 1.